The first kappa shape index (κ1) is 12.1. The molecule has 1 N–H and O–H groups in total. The number of nitrogens with zero attached hydrogens (tertiary/aromatic N) is 2. The van der Waals surface area contributed by atoms with Crippen LogP contribution in [-0.2, 0) is 16.6 Å². The Kier molecular flexibility index (Phi) is 2.74. The molecule has 100 valence electrons. The Morgan fingerprint density at radius 3 is 2.95 bits per heavy atom. The molecule has 0 aliphatic carbocycles. The van der Waals surface area contributed by atoms with Crippen LogP contribution < -0.4 is 0 Å². The number of rotatable bonds is 2. The molecule has 0 radical (unpaired) electrons. The Morgan fingerprint density at radius 1 is 1.53 bits per heavy atom. The first-order chi connectivity index (χ1) is 9.08. The van der Waals surface area contributed by atoms with Crippen LogP contribution in [0.4, 0.5) is 4.39 Å². The molecule has 0 spiro atoms. The monoisotopic (exact) mass is 264 g/mol. The number of para-hydroxylation sites is 1. The Labute approximate surface area is 108 Å². The minimum absolute atomic E-state index is 0.294. The highest BCUT2D eigenvalue weighted by molar-refractivity contribution is 5.77. The zero-order valence-corrected chi connectivity index (χ0v) is 10.3. The van der Waals surface area contributed by atoms with E-state index in [1.807, 2.05) is 0 Å². The molecule has 2 aromatic rings. The van der Waals surface area contributed by atoms with E-state index in [0.29, 0.717) is 29.7 Å². The zero-order valence-electron chi connectivity index (χ0n) is 10.3. The topological polar surface area (TPSA) is 64.4 Å². The van der Waals surface area contributed by atoms with E-state index in [2.05, 4.69) is 4.98 Å². The van der Waals surface area contributed by atoms with Gasteiger partial charge in [0.2, 0.25) is 0 Å². The van der Waals surface area contributed by atoms with E-state index in [-0.39, 0.29) is 5.82 Å². The number of aliphatic carboxylic acids is 1. The summed E-state index contributed by atoms with van der Waals surface area (Å²) in [5.41, 5.74) is 0.972. The number of halogens is 1. The van der Waals surface area contributed by atoms with Gasteiger partial charge in [0.1, 0.15) is 17.4 Å². The molecule has 5 nitrogen and oxygen atoms in total. The molecule has 3 rings (SSSR count). The normalized spacial score (nSPS) is 23.1. The van der Waals surface area contributed by atoms with Crippen molar-refractivity contribution in [2.24, 2.45) is 7.05 Å². The third-order valence-electron chi connectivity index (χ3n) is 3.48. The largest absolute Gasteiger partial charge is 0.479 e. The first-order valence-corrected chi connectivity index (χ1v) is 6.07. The molecule has 1 aromatic heterocycles. The van der Waals surface area contributed by atoms with Crippen molar-refractivity contribution in [1.29, 1.82) is 0 Å². The van der Waals surface area contributed by atoms with Gasteiger partial charge in [0, 0.05) is 7.05 Å². The molecule has 0 saturated carbocycles. The van der Waals surface area contributed by atoms with Crippen LogP contribution in [0.2, 0.25) is 0 Å². The zero-order chi connectivity index (χ0) is 13.6. The molecular weight excluding hydrogens is 251 g/mol. The third-order valence-corrected chi connectivity index (χ3v) is 3.48. The van der Waals surface area contributed by atoms with Gasteiger partial charge in [0.25, 0.3) is 0 Å². The molecule has 2 heterocycles. The Balaban J connectivity index is 2.00. The number of imidazole rings is 1. The summed E-state index contributed by atoms with van der Waals surface area (Å²) in [7, 11) is 1.78. The van der Waals surface area contributed by atoms with Gasteiger partial charge in [0.05, 0.1) is 5.52 Å². The van der Waals surface area contributed by atoms with Gasteiger partial charge in [-0.1, -0.05) is 6.07 Å². The number of ether oxygens (including phenoxy) is 1. The minimum Gasteiger partial charge on any atom is -0.479 e. The molecule has 1 aliphatic heterocycles. The van der Waals surface area contributed by atoms with E-state index in [0.717, 1.165) is 0 Å². The number of carboxylic acid groups (broad SMARTS) is 1. The number of benzene rings is 1. The molecular formula is C13H13FN2O3. The maximum Gasteiger partial charge on any atom is 0.332 e. The number of aromatic nitrogens is 2. The number of aryl methyl sites for hydroxylation is 1. The van der Waals surface area contributed by atoms with Crippen LogP contribution in [-0.4, -0.2) is 26.7 Å². The third kappa shape index (κ3) is 1.88. The fraction of sp³-hybridized carbons (Fsp3) is 0.385. The van der Waals surface area contributed by atoms with Gasteiger partial charge < -0.3 is 14.4 Å². The van der Waals surface area contributed by atoms with Crippen LogP contribution in [0.15, 0.2) is 18.2 Å². The van der Waals surface area contributed by atoms with E-state index in [1.54, 1.807) is 23.7 Å². The maximum atomic E-state index is 13.7. The number of hydrogen-bond acceptors (Lipinski definition) is 3. The second-order valence-corrected chi connectivity index (χ2v) is 4.67. The molecule has 2 unspecified atom stereocenters. The second kappa shape index (κ2) is 4.31. The summed E-state index contributed by atoms with van der Waals surface area (Å²) in [5.74, 6) is -0.775. The molecule has 1 aromatic carbocycles. The van der Waals surface area contributed by atoms with Gasteiger partial charge in [0.15, 0.2) is 11.9 Å². The highest BCUT2D eigenvalue weighted by Gasteiger charge is 2.34. The summed E-state index contributed by atoms with van der Waals surface area (Å²) < 4.78 is 20.9. The van der Waals surface area contributed by atoms with Crippen molar-refractivity contribution in [3.63, 3.8) is 0 Å². The Morgan fingerprint density at radius 2 is 2.32 bits per heavy atom. The van der Waals surface area contributed by atoms with Gasteiger partial charge in [-0.25, -0.2) is 14.2 Å². The Bertz CT molecular complexity index is 653. The lowest BCUT2D eigenvalue weighted by molar-refractivity contribution is -0.149. The van der Waals surface area contributed by atoms with E-state index >= 15 is 0 Å². The smallest absolute Gasteiger partial charge is 0.332 e. The van der Waals surface area contributed by atoms with Crippen molar-refractivity contribution in [2.45, 2.75) is 25.0 Å². The average Bonchev–Trinajstić information content (AvgIpc) is 2.96. The van der Waals surface area contributed by atoms with Gasteiger partial charge in [-0.3, -0.25) is 0 Å². The fourth-order valence-electron chi connectivity index (χ4n) is 2.49. The SMILES string of the molecule is Cn1c(C2CCC(C(=O)O)O2)nc2c(F)cccc21. The lowest BCUT2D eigenvalue weighted by Crippen LogP contribution is -2.19. The summed E-state index contributed by atoms with van der Waals surface area (Å²) in [4.78, 5) is 15.1. The molecule has 1 fully saturated rings. The van der Waals surface area contributed by atoms with Gasteiger partial charge in [-0.2, -0.15) is 0 Å². The Hall–Kier alpha value is -1.95. The van der Waals surface area contributed by atoms with Crippen LogP contribution in [0, 0.1) is 5.82 Å². The van der Waals surface area contributed by atoms with Crippen LogP contribution in [0.1, 0.15) is 24.8 Å². The van der Waals surface area contributed by atoms with E-state index in [1.165, 1.54) is 6.07 Å². The molecule has 6 heteroatoms. The lowest BCUT2D eigenvalue weighted by atomic mass is 10.2. The van der Waals surface area contributed by atoms with E-state index in [9.17, 15) is 9.18 Å². The number of carbonyl (C=O) groups is 1. The highest BCUT2D eigenvalue weighted by Crippen LogP contribution is 2.33. The van der Waals surface area contributed by atoms with Crippen molar-refractivity contribution in [3.05, 3.63) is 29.8 Å². The molecule has 2 atom stereocenters. The van der Waals surface area contributed by atoms with Crippen LogP contribution in [0.25, 0.3) is 11.0 Å². The van der Waals surface area contributed by atoms with Crippen molar-refractivity contribution in [2.75, 3.05) is 0 Å². The predicted molar refractivity (Wildman–Crippen MR) is 65.2 cm³/mol. The molecule has 0 amide bonds. The fourth-order valence-corrected chi connectivity index (χ4v) is 2.49. The predicted octanol–water partition coefficient (Wildman–Crippen LogP) is 2.02. The summed E-state index contributed by atoms with van der Waals surface area (Å²) in [5, 5.41) is 8.92. The van der Waals surface area contributed by atoms with Crippen LogP contribution >= 0.6 is 0 Å². The molecule has 1 saturated heterocycles. The number of carboxylic acids is 1. The minimum atomic E-state index is -0.965. The van der Waals surface area contributed by atoms with Crippen LogP contribution in [0.5, 0.6) is 0 Å². The second-order valence-electron chi connectivity index (χ2n) is 4.67. The van der Waals surface area contributed by atoms with Gasteiger partial charge in [-0.15, -0.1) is 0 Å². The number of fused-ring (bicyclic) bond motifs is 1. The van der Waals surface area contributed by atoms with Crippen molar-refractivity contribution in [1.82, 2.24) is 9.55 Å². The lowest BCUT2D eigenvalue weighted by Gasteiger charge is -2.10. The maximum absolute atomic E-state index is 13.7. The quantitative estimate of drug-likeness (QED) is 0.901. The van der Waals surface area contributed by atoms with Crippen molar-refractivity contribution >= 4 is 17.0 Å². The van der Waals surface area contributed by atoms with E-state index < -0.39 is 18.2 Å². The summed E-state index contributed by atoms with van der Waals surface area (Å²) in [6.45, 7) is 0. The standard InChI is InChI=1S/C13H13FN2O3/c1-16-8-4-2-3-7(14)11(8)15-12(16)9-5-6-10(19-9)13(17)18/h2-4,9-10H,5-6H2,1H3,(H,17,18). The van der Waals surface area contributed by atoms with Gasteiger partial charge >= 0.3 is 5.97 Å². The molecule has 19 heavy (non-hydrogen) atoms. The molecule has 1 aliphatic rings. The summed E-state index contributed by atoms with van der Waals surface area (Å²) in [6.07, 6.45) is -0.158. The van der Waals surface area contributed by atoms with Crippen molar-refractivity contribution in [3.8, 4) is 0 Å². The van der Waals surface area contributed by atoms with Crippen LogP contribution in [0.3, 0.4) is 0 Å². The first-order valence-electron chi connectivity index (χ1n) is 6.07. The summed E-state index contributed by atoms with van der Waals surface area (Å²) >= 11 is 0. The van der Waals surface area contributed by atoms with Crippen molar-refractivity contribution < 1.29 is 19.0 Å². The van der Waals surface area contributed by atoms with Gasteiger partial charge in [-0.05, 0) is 25.0 Å². The summed E-state index contributed by atoms with van der Waals surface area (Å²) in [6, 6.07) is 4.76. The highest BCUT2D eigenvalue weighted by atomic mass is 19.1. The average molecular weight is 264 g/mol. The molecule has 0 bridgehead atoms. The van der Waals surface area contributed by atoms with E-state index in [4.69, 9.17) is 9.84 Å². The number of hydrogen-bond donors (Lipinski definition) is 1.